The van der Waals surface area contributed by atoms with Crippen LogP contribution in [0.3, 0.4) is 0 Å². The molecule has 1 aromatic rings. The number of fused-ring (bicyclic) bond motifs is 6. The van der Waals surface area contributed by atoms with Crippen LogP contribution in [0, 0.1) is 0 Å². The first-order valence-electron chi connectivity index (χ1n) is 7.42. The van der Waals surface area contributed by atoms with Gasteiger partial charge in [-0.25, -0.2) is 4.79 Å². The molecule has 114 valence electrons. The van der Waals surface area contributed by atoms with Gasteiger partial charge in [-0.1, -0.05) is 36.5 Å². The van der Waals surface area contributed by atoms with E-state index in [1.165, 1.54) is 12.6 Å². The van der Waals surface area contributed by atoms with Gasteiger partial charge >= 0.3 is 6.03 Å². The highest BCUT2D eigenvalue weighted by Crippen LogP contribution is 2.27. The van der Waals surface area contributed by atoms with E-state index in [1.54, 1.807) is 0 Å². The molecule has 0 aromatic carbocycles. The summed E-state index contributed by atoms with van der Waals surface area (Å²) in [6.45, 7) is 0. The van der Waals surface area contributed by atoms with E-state index in [1.807, 2.05) is 42.0 Å². The zero-order valence-electron chi connectivity index (χ0n) is 12.9. The van der Waals surface area contributed by atoms with E-state index in [0.717, 1.165) is 27.8 Å². The summed E-state index contributed by atoms with van der Waals surface area (Å²) >= 11 is 0. The highest BCUT2D eigenvalue weighted by molar-refractivity contribution is 6.09. The van der Waals surface area contributed by atoms with E-state index in [-0.39, 0.29) is 5.91 Å². The van der Waals surface area contributed by atoms with E-state index < -0.39 is 6.03 Å². The summed E-state index contributed by atoms with van der Waals surface area (Å²) in [5, 5.41) is 0.895. The molecule has 4 rings (SSSR count). The first-order valence-corrected chi connectivity index (χ1v) is 7.42. The van der Waals surface area contributed by atoms with Gasteiger partial charge < -0.3 is 4.57 Å². The third kappa shape index (κ3) is 1.90. The fourth-order valence-electron chi connectivity index (χ4n) is 3.20. The lowest BCUT2D eigenvalue weighted by Gasteiger charge is -2.17. The Hall–Kier alpha value is -2.95. The van der Waals surface area contributed by atoms with Crippen molar-refractivity contribution < 1.29 is 9.59 Å². The smallest absolute Gasteiger partial charge is 0.328 e. The van der Waals surface area contributed by atoms with Crippen molar-refractivity contribution >= 4 is 23.6 Å². The van der Waals surface area contributed by atoms with Gasteiger partial charge in [0.15, 0.2) is 5.49 Å². The van der Waals surface area contributed by atoms with E-state index in [2.05, 4.69) is 17.1 Å². The molecule has 1 aliphatic heterocycles. The highest BCUT2D eigenvalue weighted by Gasteiger charge is 2.32. The minimum absolute atomic E-state index is 0.297. The summed E-state index contributed by atoms with van der Waals surface area (Å²) in [7, 11) is 3.30. The van der Waals surface area contributed by atoms with Crippen molar-refractivity contribution in [1.82, 2.24) is 9.47 Å². The van der Waals surface area contributed by atoms with Crippen LogP contribution in [0.2, 0.25) is 0 Å². The SMILES string of the molecule is CN1C(=O)N=c2c(c3c(n2C)=CC=CC2=CC=CC=C3C2)C1=O. The summed E-state index contributed by atoms with van der Waals surface area (Å²) in [5.41, 5.74) is 4.06. The van der Waals surface area contributed by atoms with Crippen molar-refractivity contribution in [3.8, 4) is 0 Å². The predicted octanol–water partition coefficient (Wildman–Crippen LogP) is 1.47. The number of carbonyl (C=O) groups is 2. The number of imide groups is 1. The number of rotatable bonds is 0. The molecule has 1 aromatic heterocycles. The van der Waals surface area contributed by atoms with Gasteiger partial charge in [0.1, 0.15) is 0 Å². The highest BCUT2D eigenvalue weighted by atomic mass is 16.2. The maximum Gasteiger partial charge on any atom is 0.352 e. The average molecular weight is 305 g/mol. The lowest BCUT2D eigenvalue weighted by molar-refractivity contribution is 0.0828. The second-order valence-corrected chi connectivity index (χ2v) is 5.80. The van der Waals surface area contributed by atoms with Gasteiger partial charge in [0.2, 0.25) is 0 Å². The van der Waals surface area contributed by atoms with Crippen molar-refractivity contribution in [2.75, 3.05) is 7.05 Å². The predicted molar refractivity (Wildman–Crippen MR) is 87.1 cm³/mol. The Kier molecular flexibility index (Phi) is 2.84. The van der Waals surface area contributed by atoms with Crippen LogP contribution < -0.4 is 10.8 Å². The van der Waals surface area contributed by atoms with E-state index in [9.17, 15) is 9.59 Å². The molecular weight excluding hydrogens is 290 g/mol. The van der Waals surface area contributed by atoms with Crippen LogP contribution in [0.4, 0.5) is 4.79 Å². The molecule has 5 nitrogen and oxygen atoms in total. The Bertz CT molecular complexity index is 1000. The number of nitrogens with zero attached hydrogens (tertiary/aromatic N) is 3. The lowest BCUT2D eigenvalue weighted by atomic mass is 9.94. The Balaban J connectivity index is 2.16. The largest absolute Gasteiger partial charge is 0.352 e. The van der Waals surface area contributed by atoms with Crippen LogP contribution in [0.5, 0.6) is 0 Å². The number of amides is 3. The van der Waals surface area contributed by atoms with Crippen LogP contribution in [0.15, 0.2) is 47.0 Å². The molecule has 0 saturated heterocycles. The molecule has 0 N–H and O–H groups in total. The van der Waals surface area contributed by atoms with E-state index in [0.29, 0.717) is 11.1 Å². The van der Waals surface area contributed by atoms with Crippen molar-refractivity contribution in [1.29, 1.82) is 0 Å². The molecular formula is C18H15N3O2. The molecule has 0 atom stereocenters. The Morgan fingerprint density at radius 1 is 1.00 bits per heavy atom. The number of carbonyl (C=O) groups excluding carboxylic acids is 2. The van der Waals surface area contributed by atoms with Gasteiger partial charge in [-0.05, 0) is 23.6 Å². The van der Waals surface area contributed by atoms with E-state index >= 15 is 0 Å². The standard InChI is InChI=1S/C18H15N3O2/c1-20-13-9-5-7-11-6-3-4-8-12(10-11)14(13)15-16(20)19-18(23)21(2)17(15)22/h3-9H,10H2,1-2H3. The molecule has 0 fully saturated rings. The summed E-state index contributed by atoms with van der Waals surface area (Å²) in [5.74, 6) is -0.297. The summed E-state index contributed by atoms with van der Waals surface area (Å²) in [4.78, 5) is 29.8. The van der Waals surface area contributed by atoms with Crippen molar-refractivity contribution in [3.63, 3.8) is 0 Å². The van der Waals surface area contributed by atoms with Crippen molar-refractivity contribution in [2.24, 2.45) is 12.0 Å². The molecule has 0 saturated carbocycles. The number of hydrogen-bond acceptors (Lipinski definition) is 2. The van der Waals surface area contributed by atoms with Crippen molar-refractivity contribution in [2.45, 2.75) is 6.42 Å². The molecule has 0 radical (unpaired) electrons. The Morgan fingerprint density at radius 2 is 1.78 bits per heavy atom. The maximum absolute atomic E-state index is 12.7. The zero-order chi connectivity index (χ0) is 16.1. The third-order valence-electron chi connectivity index (χ3n) is 4.41. The number of aromatic nitrogens is 1. The molecule has 0 spiro atoms. The number of allylic oxidation sites excluding steroid dienone is 8. The molecule has 0 unspecified atom stereocenters. The van der Waals surface area contributed by atoms with Crippen LogP contribution in [0.25, 0.3) is 11.6 Å². The molecule has 3 aliphatic rings. The summed E-state index contributed by atoms with van der Waals surface area (Å²) < 4.78 is 1.82. The second kappa shape index (κ2) is 4.78. The van der Waals surface area contributed by atoms with Crippen molar-refractivity contribution in [3.05, 3.63) is 64.0 Å². The number of urea groups is 1. The minimum Gasteiger partial charge on any atom is -0.328 e. The van der Waals surface area contributed by atoms with Crippen LogP contribution in [-0.2, 0) is 7.05 Å². The van der Waals surface area contributed by atoms with Crippen LogP contribution in [-0.4, -0.2) is 28.5 Å². The first-order chi connectivity index (χ1) is 11.1. The van der Waals surface area contributed by atoms with Gasteiger partial charge in [0.05, 0.1) is 10.9 Å². The molecule has 2 heterocycles. The molecule has 5 heteroatoms. The lowest BCUT2D eigenvalue weighted by Crippen LogP contribution is -2.41. The topological polar surface area (TPSA) is 54.7 Å². The summed E-state index contributed by atoms with van der Waals surface area (Å²) in [6.07, 6.45) is 14.8. The Morgan fingerprint density at radius 3 is 2.61 bits per heavy atom. The van der Waals surface area contributed by atoms with Gasteiger partial charge in [-0.15, -0.1) is 0 Å². The van der Waals surface area contributed by atoms with Crippen LogP contribution >= 0.6 is 0 Å². The average Bonchev–Trinajstić information content (AvgIpc) is 2.70. The number of hydrogen-bond donors (Lipinski definition) is 0. The monoisotopic (exact) mass is 305 g/mol. The van der Waals surface area contributed by atoms with Gasteiger partial charge in [0, 0.05) is 19.7 Å². The third-order valence-corrected chi connectivity index (χ3v) is 4.41. The van der Waals surface area contributed by atoms with Gasteiger partial charge in [0.25, 0.3) is 5.91 Å². The molecule has 2 bridgehead atoms. The molecule has 23 heavy (non-hydrogen) atoms. The second-order valence-electron chi connectivity index (χ2n) is 5.80. The zero-order valence-corrected chi connectivity index (χ0v) is 12.9. The fraction of sp³-hybridized carbons (Fsp3) is 0.167. The fourth-order valence-corrected chi connectivity index (χ4v) is 3.20. The maximum atomic E-state index is 12.7. The first kappa shape index (κ1) is 13.7. The minimum atomic E-state index is -0.526. The van der Waals surface area contributed by atoms with Gasteiger partial charge in [-0.2, -0.15) is 4.99 Å². The molecule has 3 amide bonds. The summed E-state index contributed by atoms with van der Waals surface area (Å²) in [6, 6.07) is -0.526. The van der Waals surface area contributed by atoms with E-state index in [4.69, 9.17) is 0 Å². The van der Waals surface area contributed by atoms with Crippen LogP contribution in [0.1, 0.15) is 22.3 Å². The molecule has 2 aliphatic carbocycles. The van der Waals surface area contributed by atoms with Gasteiger partial charge in [-0.3, -0.25) is 9.69 Å². The normalized spacial score (nSPS) is 18.8. The quantitative estimate of drug-likeness (QED) is 0.729. The Labute approximate surface area is 132 Å².